The highest BCUT2D eigenvalue weighted by molar-refractivity contribution is 5.73. The Morgan fingerprint density at radius 1 is 1.47 bits per heavy atom. The van der Waals surface area contributed by atoms with Crippen LogP contribution in [0.15, 0.2) is 18.2 Å². The van der Waals surface area contributed by atoms with E-state index in [1.165, 1.54) is 6.07 Å². The van der Waals surface area contributed by atoms with Gasteiger partial charge in [-0.05, 0) is 32.3 Å². The van der Waals surface area contributed by atoms with Crippen molar-refractivity contribution < 1.29 is 14.3 Å². The standard InChI is InChI=1S/C13H16FNO2/c1-8-5-6-10(14)9(7-8)11-3-2-4-12(15-11)13(16)17/h5-7,11-12,15H,2-4H2,1H3,(H,16,17). The molecule has 17 heavy (non-hydrogen) atoms. The first kappa shape index (κ1) is 12.0. The molecule has 0 aliphatic carbocycles. The van der Waals surface area contributed by atoms with Gasteiger partial charge in [0.05, 0.1) is 0 Å². The van der Waals surface area contributed by atoms with E-state index in [4.69, 9.17) is 5.11 Å². The van der Waals surface area contributed by atoms with Crippen molar-refractivity contribution in [2.45, 2.75) is 38.3 Å². The summed E-state index contributed by atoms with van der Waals surface area (Å²) in [6.45, 7) is 1.90. The van der Waals surface area contributed by atoms with Gasteiger partial charge in [0.1, 0.15) is 11.9 Å². The third-order valence-electron chi connectivity index (χ3n) is 3.21. The minimum Gasteiger partial charge on any atom is -0.480 e. The van der Waals surface area contributed by atoms with Crippen molar-refractivity contribution >= 4 is 5.97 Å². The summed E-state index contributed by atoms with van der Waals surface area (Å²) >= 11 is 0. The second-order valence-electron chi connectivity index (χ2n) is 4.57. The Bertz CT molecular complexity index is 433. The fraction of sp³-hybridized carbons (Fsp3) is 0.462. The van der Waals surface area contributed by atoms with Crippen molar-refractivity contribution in [3.8, 4) is 0 Å². The maximum Gasteiger partial charge on any atom is 0.320 e. The molecule has 1 aliphatic rings. The zero-order valence-electron chi connectivity index (χ0n) is 9.74. The molecule has 0 bridgehead atoms. The molecule has 0 amide bonds. The summed E-state index contributed by atoms with van der Waals surface area (Å²) in [6, 6.07) is 4.20. The fourth-order valence-electron chi connectivity index (χ4n) is 2.31. The molecule has 1 saturated heterocycles. The number of benzene rings is 1. The van der Waals surface area contributed by atoms with Gasteiger partial charge in [-0.1, -0.05) is 17.7 Å². The average Bonchev–Trinajstić information content (AvgIpc) is 2.32. The monoisotopic (exact) mass is 237 g/mol. The van der Waals surface area contributed by atoms with Crippen molar-refractivity contribution in [3.63, 3.8) is 0 Å². The van der Waals surface area contributed by atoms with Gasteiger partial charge in [-0.15, -0.1) is 0 Å². The number of aryl methyl sites for hydroxylation is 1. The van der Waals surface area contributed by atoms with Crippen LogP contribution in [-0.2, 0) is 4.79 Å². The molecule has 1 aromatic carbocycles. The summed E-state index contributed by atoms with van der Waals surface area (Å²) in [6.07, 6.45) is 2.20. The van der Waals surface area contributed by atoms with Crippen LogP contribution < -0.4 is 5.32 Å². The second kappa shape index (κ2) is 4.84. The number of nitrogens with one attached hydrogen (secondary N) is 1. The van der Waals surface area contributed by atoms with Crippen LogP contribution in [0.3, 0.4) is 0 Å². The molecular formula is C13H16FNO2. The molecule has 4 heteroatoms. The van der Waals surface area contributed by atoms with E-state index < -0.39 is 12.0 Å². The Hall–Kier alpha value is -1.42. The van der Waals surface area contributed by atoms with E-state index in [2.05, 4.69) is 5.32 Å². The zero-order chi connectivity index (χ0) is 12.4. The Morgan fingerprint density at radius 2 is 2.24 bits per heavy atom. The molecular weight excluding hydrogens is 221 g/mol. The van der Waals surface area contributed by atoms with E-state index in [-0.39, 0.29) is 11.9 Å². The number of hydrogen-bond donors (Lipinski definition) is 2. The molecule has 1 heterocycles. The molecule has 0 aromatic heterocycles. The highest BCUT2D eigenvalue weighted by Crippen LogP contribution is 2.28. The molecule has 2 rings (SSSR count). The summed E-state index contributed by atoms with van der Waals surface area (Å²) in [5, 5.41) is 12.0. The third kappa shape index (κ3) is 2.64. The molecule has 92 valence electrons. The van der Waals surface area contributed by atoms with Gasteiger partial charge in [0.2, 0.25) is 0 Å². The first-order valence-corrected chi connectivity index (χ1v) is 5.83. The van der Waals surface area contributed by atoms with Crippen LogP contribution in [0.5, 0.6) is 0 Å². The zero-order valence-corrected chi connectivity index (χ0v) is 9.74. The lowest BCUT2D eigenvalue weighted by atomic mass is 9.92. The Balaban J connectivity index is 2.21. The van der Waals surface area contributed by atoms with E-state index in [9.17, 15) is 9.18 Å². The summed E-state index contributed by atoms with van der Waals surface area (Å²) in [5.41, 5.74) is 1.57. The van der Waals surface area contributed by atoms with Crippen LogP contribution in [0.1, 0.15) is 36.4 Å². The lowest BCUT2D eigenvalue weighted by Gasteiger charge is -2.29. The Morgan fingerprint density at radius 3 is 2.94 bits per heavy atom. The van der Waals surface area contributed by atoms with Gasteiger partial charge in [-0.3, -0.25) is 10.1 Å². The quantitative estimate of drug-likeness (QED) is 0.830. The van der Waals surface area contributed by atoms with Gasteiger partial charge in [-0.25, -0.2) is 4.39 Å². The number of aliphatic carboxylic acids is 1. The minimum atomic E-state index is -0.859. The number of piperidine rings is 1. The molecule has 0 saturated carbocycles. The van der Waals surface area contributed by atoms with Gasteiger partial charge in [0.25, 0.3) is 0 Å². The van der Waals surface area contributed by atoms with Crippen molar-refractivity contribution in [3.05, 3.63) is 35.1 Å². The van der Waals surface area contributed by atoms with Crippen molar-refractivity contribution in [1.29, 1.82) is 0 Å². The van der Waals surface area contributed by atoms with E-state index in [1.54, 1.807) is 12.1 Å². The topological polar surface area (TPSA) is 49.3 Å². The third-order valence-corrected chi connectivity index (χ3v) is 3.21. The van der Waals surface area contributed by atoms with Crippen molar-refractivity contribution in [2.75, 3.05) is 0 Å². The van der Waals surface area contributed by atoms with Crippen LogP contribution in [0.4, 0.5) is 4.39 Å². The first-order valence-electron chi connectivity index (χ1n) is 5.83. The summed E-state index contributed by atoms with van der Waals surface area (Å²) < 4.78 is 13.7. The fourth-order valence-corrected chi connectivity index (χ4v) is 2.31. The number of carbonyl (C=O) groups is 1. The lowest BCUT2D eigenvalue weighted by Crippen LogP contribution is -2.42. The van der Waals surface area contributed by atoms with E-state index >= 15 is 0 Å². The van der Waals surface area contributed by atoms with E-state index in [0.717, 1.165) is 18.4 Å². The maximum atomic E-state index is 13.7. The number of halogens is 1. The molecule has 2 unspecified atom stereocenters. The largest absolute Gasteiger partial charge is 0.480 e. The van der Waals surface area contributed by atoms with Crippen LogP contribution in [0.25, 0.3) is 0 Å². The lowest BCUT2D eigenvalue weighted by molar-refractivity contribution is -0.140. The number of rotatable bonds is 2. The van der Waals surface area contributed by atoms with Crippen LogP contribution >= 0.6 is 0 Å². The smallest absolute Gasteiger partial charge is 0.320 e. The molecule has 1 aromatic rings. The summed E-state index contributed by atoms with van der Waals surface area (Å²) in [4.78, 5) is 10.9. The van der Waals surface area contributed by atoms with Gasteiger partial charge in [0, 0.05) is 11.6 Å². The first-order chi connectivity index (χ1) is 8.08. The molecule has 1 aliphatic heterocycles. The van der Waals surface area contributed by atoms with Crippen LogP contribution in [0.2, 0.25) is 0 Å². The van der Waals surface area contributed by atoms with E-state index in [0.29, 0.717) is 12.0 Å². The molecule has 0 spiro atoms. The second-order valence-corrected chi connectivity index (χ2v) is 4.57. The predicted octanol–water partition coefficient (Wildman–Crippen LogP) is 2.40. The number of carboxylic acid groups (broad SMARTS) is 1. The SMILES string of the molecule is Cc1ccc(F)c(C2CCCC(C(=O)O)N2)c1. The predicted molar refractivity (Wildman–Crippen MR) is 62.3 cm³/mol. The molecule has 2 N–H and O–H groups in total. The molecule has 3 nitrogen and oxygen atoms in total. The van der Waals surface area contributed by atoms with Crippen molar-refractivity contribution in [1.82, 2.24) is 5.32 Å². The molecule has 0 radical (unpaired) electrons. The summed E-state index contributed by atoms with van der Waals surface area (Å²) in [5.74, 6) is -1.12. The normalized spacial score (nSPS) is 24.6. The summed E-state index contributed by atoms with van der Waals surface area (Å²) in [7, 11) is 0. The van der Waals surface area contributed by atoms with Gasteiger partial charge >= 0.3 is 5.97 Å². The average molecular weight is 237 g/mol. The molecule has 1 fully saturated rings. The van der Waals surface area contributed by atoms with Crippen LogP contribution in [0, 0.1) is 12.7 Å². The Labute approximate surface area is 99.7 Å². The van der Waals surface area contributed by atoms with Gasteiger partial charge in [0.15, 0.2) is 0 Å². The maximum absolute atomic E-state index is 13.7. The molecule has 2 atom stereocenters. The van der Waals surface area contributed by atoms with Gasteiger partial charge < -0.3 is 5.11 Å². The van der Waals surface area contributed by atoms with Crippen molar-refractivity contribution in [2.24, 2.45) is 0 Å². The van der Waals surface area contributed by atoms with E-state index in [1.807, 2.05) is 6.92 Å². The highest BCUT2D eigenvalue weighted by atomic mass is 19.1. The Kier molecular flexibility index (Phi) is 3.43. The highest BCUT2D eigenvalue weighted by Gasteiger charge is 2.28. The minimum absolute atomic E-state index is 0.190. The number of hydrogen-bond acceptors (Lipinski definition) is 2. The number of carboxylic acids is 1. The van der Waals surface area contributed by atoms with Crippen LogP contribution in [-0.4, -0.2) is 17.1 Å². The van der Waals surface area contributed by atoms with Gasteiger partial charge in [-0.2, -0.15) is 0 Å².